The monoisotopic (exact) mass is 298 g/mol. The van der Waals surface area contributed by atoms with Gasteiger partial charge in [-0.3, -0.25) is 9.59 Å². The molecule has 22 heavy (non-hydrogen) atoms. The Kier molecular flexibility index (Phi) is 3.96. The summed E-state index contributed by atoms with van der Waals surface area (Å²) in [6.45, 7) is 0.423. The van der Waals surface area contributed by atoms with Gasteiger partial charge in [-0.1, -0.05) is 0 Å². The third-order valence-electron chi connectivity index (χ3n) is 3.67. The number of hydrogen-bond acceptors (Lipinski definition) is 3. The smallest absolute Gasteiger partial charge is 0.254 e. The van der Waals surface area contributed by atoms with Gasteiger partial charge in [0.1, 0.15) is 5.76 Å². The Bertz CT molecular complexity index is 658. The van der Waals surface area contributed by atoms with Crippen LogP contribution in [0, 0.1) is 5.92 Å². The van der Waals surface area contributed by atoms with Gasteiger partial charge in [-0.2, -0.15) is 0 Å². The zero-order valence-corrected chi connectivity index (χ0v) is 12.4. The normalized spacial score (nSPS) is 13.7. The number of hydrogen-bond donors (Lipinski definition) is 1. The first kappa shape index (κ1) is 14.4. The molecule has 1 fully saturated rings. The average molecular weight is 298 g/mol. The van der Waals surface area contributed by atoms with Crippen LogP contribution in [-0.2, 0) is 11.3 Å². The fraction of sp³-hybridized carbons (Fsp3) is 0.294. The lowest BCUT2D eigenvalue weighted by Crippen LogP contribution is -2.26. The zero-order chi connectivity index (χ0) is 15.5. The lowest BCUT2D eigenvalue weighted by molar-refractivity contribution is -0.117. The summed E-state index contributed by atoms with van der Waals surface area (Å²) >= 11 is 0. The van der Waals surface area contributed by atoms with E-state index in [-0.39, 0.29) is 17.7 Å². The average Bonchev–Trinajstić information content (AvgIpc) is 3.26. The lowest BCUT2D eigenvalue weighted by atomic mass is 10.1. The summed E-state index contributed by atoms with van der Waals surface area (Å²) in [6, 6.07) is 10.6. The molecule has 0 unspecified atom stereocenters. The third-order valence-corrected chi connectivity index (χ3v) is 3.67. The molecule has 0 bridgehead atoms. The number of carbonyl (C=O) groups is 2. The minimum Gasteiger partial charge on any atom is -0.467 e. The van der Waals surface area contributed by atoms with Gasteiger partial charge >= 0.3 is 0 Å². The molecule has 5 heteroatoms. The van der Waals surface area contributed by atoms with E-state index in [1.165, 1.54) is 0 Å². The van der Waals surface area contributed by atoms with Crippen molar-refractivity contribution in [3.8, 4) is 0 Å². The molecule has 1 heterocycles. The van der Waals surface area contributed by atoms with E-state index in [0.29, 0.717) is 12.1 Å². The van der Waals surface area contributed by atoms with Crippen LogP contribution in [0.3, 0.4) is 0 Å². The predicted octanol–water partition coefficient (Wildman–Crippen LogP) is 2.90. The summed E-state index contributed by atoms with van der Waals surface area (Å²) in [6.07, 6.45) is 3.53. The topological polar surface area (TPSA) is 62.6 Å². The summed E-state index contributed by atoms with van der Waals surface area (Å²) in [5, 5.41) is 2.86. The van der Waals surface area contributed by atoms with Crippen molar-refractivity contribution < 1.29 is 14.0 Å². The van der Waals surface area contributed by atoms with Crippen molar-refractivity contribution in [3.63, 3.8) is 0 Å². The molecule has 114 valence electrons. The summed E-state index contributed by atoms with van der Waals surface area (Å²) in [4.78, 5) is 25.6. The molecule has 3 rings (SSSR count). The molecular formula is C17H18N2O3. The van der Waals surface area contributed by atoms with E-state index in [0.717, 1.165) is 24.3 Å². The van der Waals surface area contributed by atoms with E-state index < -0.39 is 0 Å². The molecule has 1 aliphatic rings. The van der Waals surface area contributed by atoms with Crippen LogP contribution in [-0.4, -0.2) is 23.8 Å². The molecule has 2 amide bonds. The van der Waals surface area contributed by atoms with Crippen LogP contribution in [0.5, 0.6) is 0 Å². The number of carbonyl (C=O) groups excluding carboxylic acids is 2. The molecule has 0 radical (unpaired) electrons. The maximum absolute atomic E-state index is 12.3. The lowest BCUT2D eigenvalue weighted by Gasteiger charge is -2.16. The molecule has 1 aromatic heterocycles. The van der Waals surface area contributed by atoms with Crippen LogP contribution in [0.4, 0.5) is 5.69 Å². The molecule has 1 saturated carbocycles. The predicted molar refractivity (Wildman–Crippen MR) is 82.3 cm³/mol. The van der Waals surface area contributed by atoms with Crippen molar-refractivity contribution >= 4 is 17.5 Å². The van der Waals surface area contributed by atoms with Crippen LogP contribution in [0.25, 0.3) is 0 Å². The Morgan fingerprint density at radius 2 is 1.95 bits per heavy atom. The van der Waals surface area contributed by atoms with Gasteiger partial charge in [-0.25, -0.2) is 0 Å². The standard InChI is InChI=1S/C17H18N2O3/c1-19(11-15-3-2-10-22-15)17(21)13-6-8-14(9-7-13)18-16(20)12-4-5-12/h2-3,6-10,12H,4-5,11H2,1H3,(H,18,20). The number of rotatable bonds is 5. The quantitative estimate of drug-likeness (QED) is 0.923. The van der Waals surface area contributed by atoms with Gasteiger partial charge in [0.15, 0.2) is 0 Å². The maximum atomic E-state index is 12.3. The summed E-state index contributed by atoms with van der Waals surface area (Å²) in [5.41, 5.74) is 1.31. The summed E-state index contributed by atoms with van der Waals surface area (Å²) in [7, 11) is 1.73. The molecule has 5 nitrogen and oxygen atoms in total. The molecular weight excluding hydrogens is 280 g/mol. The van der Waals surface area contributed by atoms with Crippen molar-refractivity contribution in [3.05, 3.63) is 54.0 Å². The van der Waals surface area contributed by atoms with Gasteiger partial charge in [0.2, 0.25) is 5.91 Å². The van der Waals surface area contributed by atoms with E-state index >= 15 is 0 Å². The van der Waals surface area contributed by atoms with Crippen LogP contribution in [0.2, 0.25) is 0 Å². The molecule has 1 N–H and O–H groups in total. The molecule has 0 saturated heterocycles. The highest BCUT2D eigenvalue weighted by Gasteiger charge is 2.29. The van der Waals surface area contributed by atoms with E-state index in [1.54, 1.807) is 48.5 Å². The minimum atomic E-state index is -0.0866. The van der Waals surface area contributed by atoms with Crippen LogP contribution in [0.15, 0.2) is 47.1 Å². The molecule has 1 aromatic carbocycles. The van der Waals surface area contributed by atoms with Gasteiger partial charge in [0, 0.05) is 24.2 Å². The van der Waals surface area contributed by atoms with Crippen LogP contribution < -0.4 is 5.32 Å². The van der Waals surface area contributed by atoms with Crippen molar-refractivity contribution in [2.75, 3.05) is 12.4 Å². The largest absolute Gasteiger partial charge is 0.467 e. The second kappa shape index (κ2) is 6.05. The number of anilines is 1. The Hall–Kier alpha value is -2.56. The van der Waals surface area contributed by atoms with Crippen LogP contribution >= 0.6 is 0 Å². The highest BCUT2D eigenvalue weighted by Crippen LogP contribution is 2.30. The highest BCUT2D eigenvalue weighted by atomic mass is 16.3. The van der Waals surface area contributed by atoms with E-state index in [2.05, 4.69) is 5.32 Å². The number of benzene rings is 1. The van der Waals surface area contributed by atoms with Crippen molar-refractivity contribution in [1.82, 2.24) is 4.90 Å². The maximum Gasteiger partial charge on any atom is 0.254 e. The zero-order valence-electron chi connectivity index (χ0n) is 12.4. The Labute approximate surface area is 128 Å². The van der Waals surface area contributed by atoms with Gasteiger partial charge in [0.05, 0.1) is 12.8 Å². The van der Waals surface area contributed by atoms with Gasteiger partial charge in [-0.15, -0.1) is 0 Å². The van der Waals surface area contributed by atoms with E-state index in [9.17, 15) is 9.59 Å². The molecule has 2 aromatic rings. The van der Waals surface area contributed by atoms with E-state index in [1.807, 2.05) is 6.07 Å². The first-order valence-corrected chi connectivity index (χ1v) is 7.32. The van der Waals surface area contributed by atoms with Crippen molar-refractivity contribution in [2.45, 2.75) is 19.4 Å². The Morgan fingerprint density at radius 3 is 2.55 bits per heavy atom. The number of furan rings is 1. The molecule has 0 aliphatic heterocycles. The summed E-state index contributed by atoms with van der Waals surface area (Å²) < 4.78 is 5.24. The SMILES string of the molecule is CN(Cc1ccco1)C(=O)c1ccc(NC(=O)C2CC2)cc1. The van der Waals surface area contributed by atoms with Crippen LogP contribution in [0.1, 0.15) is 29.0 Å². The number of nitrogens with zero attached hydrogens (tertiary/aromatic N) is 1. The first-order valence-electron chi connectivity index (χ1n) is 7.32. The molecule has 1 aliphatic carbocycles. The molecule has 0 spiro atoms. The fourth-order valence-corrected chi connectivity index (χ4v) is 2.21. The first-order chi connectivity index (χ1) is 10.6. The van der Waals surface area contributed by atoms with E-state index in [4.69, 9.17) is 4.42 Å². The Morgan fingerprint density at radius 1 is 1.23 bits per heavy atom. The summed E-state index contributed by atoms with van der Waals surface area (Å²) in [5.74, 6) is 0.885. The molecule has 0 atom stereocenters. The second-order valence-electron chi connectivity index (χ2n) is 5.58. The third kappa shape index (κ3) is 3.36. The minimum absolute atomic E-state index is 0.0639. The number of nitrogens with one attached hydrogen (secondary N) is 1. The number of amides is 2. The second-order valence-corrected chi connectivity index (χ2v) is 5.58. The van der Waals surface area contributed by atoms with Gasteiger partial charge < -0.3 is 14.6 Å². The van der Waals surface area contributed by atoms with Crippen molar-refractivity contribution in [2.24, 2.45) is 5.92 Å². The fourth-order valence-electron chi connectivity index (χ4n) is 2.21. The van der Waals surface area contributed by atoms with Crippen molar-refractivity contribution in [1.29, 1.82) is 0 Å². The van der Waals surface area contributed by atoms with Gasteiger partial charge in [0.25, 0.3) is 5.91 Å². The Balaban J connectivity index is 1.61. The highest BCUT2D eigenvalue weighted by molar-refractivity contribution is 5.96. The van der Waals surface area contributed by atoms with Gasteiger partial charge in [-0.05, 0) is 49.2 Å².